The van der Waals surface area contributed by atoms with Crippen LogP contribution in [0.1, 0.15) is 25.8 Å². The van der Waals surface area contributed by atoms with Crippen LogP contribution in [0.3, 0.4) is 0 Å². The van der Waals surface area contributed by atoms with Crippen LogP contribution < -0.4 is 11.1 Å². The number of pyridine rings is 1. The fourth-order valence-electron chi connectivity index (χ4n) is 1.72. The molecule has 0 radical (unpaired) electrons. The number of aromatic nitrogens is 1. The van der Waals surface area contributed by atoms with Crippen LogP contribution in [0.5, 0.6) is 0 Å². The molecule has 1 rings (SSSR count). The van der Waals surface area contributed by atoms with Gasteiger partial charge in [0.25, 0.3) is 0 Å². The molecule has 4 nitrogen and oxygen atoms in total. The molecule has 1 heterocycles. The Balaban J connectivity index is 3.05. The van der Waals surface area contributed by atoms with Crippen LogP contribution in [0.4, 0.5) is 4.39 Å². The maximum Gasteiger partial charge on any atom is 0.219 e. The SMILES string of the molecule is CCNC(C)(CC(N)=O)c1cncc(F)c1. The molecule has 16 heavy (non-hydrogen) atoms. The first-order valence-corrected chi connectivity index (χ1v) is 5.12. The number of nitrogens with two attached hydrogens (primary N) is 1. The molecule has 1 aromatic heterocycles. The fraction of sp³-hybridized carbons (Fsp3) is 0.455. The Morgan fingerprint density at radius 1 is 1.62 bits per heavy atom. The van der Waals surface area contributed by atoms with Gasteiger partial charge in [-0.2, -0.15) is 0 Å². The van der Waals surface area contributed by atoms with Crippen LogP contribution in [0, 0.1) is 5.82 Å². The van der Waals surface area contributed by atoms with Gasteiger partial charge in [0.05, 0.1) is 11.7 Å². The van der Waals surface area contributed by atoms with E-state index in [1.165, 1.54) is 12.3 Å². The van der Waals surface area contributed by atoms with Crippen LogP contribution in [0.15, 0.2) is 18.5 Å². The van der Waals surface area contributed by atoms with Crippen LogP contribution in [0.2, 0.25) is 0 Å². The highest BCUT2D eigenvalue weighted by atomic mass is 19.1. The molecule has 1 atom stereocenters. The number of carbonyl (C=O) groups is 1. The van der Waals surface area contributed by atoms with Crippen LogP contribution in [0.25, 0.3) is 0 Å². The minimum atomic E-state index is -0.671. The largest absolute Gasteiger partial charge is 0.370 e. The second-order valence-corrected chi connectivity index (χ2v) is 3.90. The highest BCUT2D eigenvalue weighted by molar-refractivity contribution is 5.75. The van der Waals surface area contributed by atoms with Crippen molar-refractivity contribution < 1.29 is 9.18 Å². The summed E-state index contributed by atoms with van der Waals surface area (Å²) in [5.41, 5.74) is 5.14. The molecule has 3 N–H and O–H groups in total. The average molecular weight is 225 g/mol. The minimum Gasteiger partial charge on any atom is -0.370 e. The zero-order chi connectivity index (χ0) is 12.2. The van der Waals surface area contributed by atoms with E-state index in [0.717, 1.165) is 6.20 Å². The summed E-state index contributed by atoms with van der Waals surface area (Å²) in [6, 6.07) is 1.36. The standard InChI is InChI=1S/C11H16FN3O/c1-3-15-11(2,5-10(13)16)8-4-9(12)7-14-6-8/h4,6-7,15H,3,5H2,1-2H3,(H2,13,16). The Morgan fingerprint density at radius 3 is 2.81 bits per heavy atom. The summed E-state index contributed by atoms with van der Waals surface area (Å²) in [7, 11) is 0. The van der Waals surface area contributed by atoms with Crippen molar-refractivity contribution in [3.05, 3.63) is 29.8 Å². The predicted molar refractivity (Wildman–Crippen MR) is 59.0 cm³/mol. The fourth-order valence-corrected chi connectivity index (χ4v) is 1.72. The van der Waals surface area contributed by atoms with Crippen molar-refractivity contribution in [3.63, 3.8) is 0 Å². The molecule has 0 aliphatic carbocycles. The number of hydrogen-bond donors (Lipinski definition) is 2. The number of amides is 1. The van der Waals surface area contributed by atoms with Crippen molar-refractivity contribution >= 4 is 5.91 Å². The van der Waals surface area contributed by atoms with E-state index in [4.69, 9.17) is 5.73 Å². The monoisotopic (exact) mass is 225 g/mol. The first kappa shape index (κ1) is 12.6. The topological polar surface area (TPSA) is 68.0 Å². The third kappa shape index (κ3) is 3.00. The molecule has 0 saturated heterocycles. The normalized spacial score (nSPS) is 14.4. The Labute approximate surface area is 94.1 Å². The molecule has 0 aromatic carbocycles. The summed E-state index contributed by atoms with van der Waals surface area (Å²) in [5.74, 6) is -0.862. The van der Waals surface area contributed by atoms with Crippen molar-refractivity contribution in [1.29, 1.82) is 0 Å². The van der Waals surface area contributed by atoms with Gasteiger partial charge >= 0.3 is 0 Å². The summed E-state index contributed by atoms with van der Waals surface area (Å²) in [6.45, 7) is 4.37. The number of carbonyl (C=O) groups excluding carboxylic acids is 1. The zero-order valence-corrected chi connectivity index (χ0v) is 9.46. The summed E-state index contributed by atoms with van der Waals surface area (Å²) in [6.07, 6.45) is 2.76. The zero-order valence-electron chi connectivity index (χ0n) is 9.46. The second-order valence-electron chi connectivity index (χ2n) is 3.90. The van der Waals surface area contributed by atoms with Gasteiger partial charge in [0, 0.05) is 12.6 Å². The summed E-state index contributed by atoms with van der Waals surface area (Å²) in [4.78, 5) is 14.8. The number of hydrogen-bond acceptors (Lipinski definition) is 3. The summed E-state index contributed by atoms with van der Waals surface area (Å²) < 4.78 is 13.1. The van der Waals surface area contributed by atoms with Gasteiger partial charge in [-0.3, -0.25) is 9.78 Å². The molecule has 5 heteroatoms. The number of nitrogens with one attached hydrogen (secondary N) is 1. The molecule has 0 fully saturated rings. The van der Waals surface area contributed by atoms with E-state index in [-0.39, 0.29) is 6.42 Å². The van der Waals surface area contributed by atoms with E-state index in [1.807, 2.05) is 6.92 Å². The van der Waals surface area contributed by atoms with Crippen molar-refractivity contribution in [2.75, 3.05) is 6.54 Å². The van der Waals surface area contributed by atoms with E-state index in [2.05, 4.69) is 10.3 Å². The van der Waals surface area contributed by atoms with Gasteiger partial charge in [0.2, 0.25) is 5.91 Å². The number of rotatable bonds is 5. The number of nitrogens with zero attached hydrogens (tertiary/aromatic N) is 1. The molecule has 1 aromatic rings. The van der Waals surface area contributed by atoms with Gasteiger partial charge in [-0.1, -0.05) is 6.92 Å². The lowest BCUT2D eigenvalue weighted by Gasteiger charge is -2.29. The van der Waals surface area contributed by atoms with E-state index >= 15 is 0 Å². The minimum absolute atomic E-state index is 0.103. The van der Waals surface area contributed by atoms with E-state index in [9.17, 15) is 9.18 Å². The highest BCUT2D eigenvalue weighted by Crippen LogP contribution is 2.24. The van der Waals surface area contributed by atoms with Crippen LogP contribution in [-0.2, 0) is 10.3 Å². The molecule has 0 spiro atoms. The lowest BCUT2D eigenvalue weighted by Crippen LogP contribution is -2.42. The Hall–Kier alpha value is -1.49. The molecule has 0 aliphatic heterocycles. The summed E-state index contributed by atoms with van der Waals surface area (Å²) >= 11 is 0. The smallest absolute Gasteiger partial charge is 0.219 e. The Bertz CT molecular complexity index is 383. The molecular weight excluding hydrogens is 209 g/mol. The first-order valence-electron chi connectivity index (χ1n) is 5.12. The van der Waals surface area contributed by atoms with E-state index < -0.39 is 17.3 Å². The van der Waals surface area contributed by atoms with Crippen LogP contribution >= 0.6 is 0 Å². The predicted octanol–water partition coefficient (Wildman–Crippen LogP) is 0.921. The van der Waals surface area contributed by atoms with E-state index in [1.54, 1.807) is 6.92 Å². The van der Waals surface area contributed by atoms with Crippen molar-refractivity contribution in [2.24, 2.45) is 5.73 Å². The number of halogens is 1. The molecular formula is C11H16FN3O. The quantitative estimate of drug-likeness (QED) is 0.783. The van der Waals surface area contributed by atoms with Gasteiger partial charge in [-0.15, -0.1) is 0 Å². The molecule has 1 amide bonds. The van der Waals surface area contributed by atoms with Gasteiger partial charge in [-0.25, -0.2) is 4.39 Å². The lowest BCUT2D eigenvalue weighted by molar-refractivity contribution is -0.119. The molecule has 0 saturated carbocycles. The Kier molecular flexibility index (Phi) is 3.95. The molecule has 0 aliphatic rings. The van der Waals surface area contributed by atoms with Gasteiger partial charge in [0.1, 0.15) is 5.82 Å². The van der Waals surface area contributed by atoms with Crippen molar-refractivity contribution in [3.8, 4) is 0 Å². The molecule has 88 valence electrons. The second kappa shape index (κ2) is 5.03. The average Bonchev–Trinajstić information content (AvgIpc) is 2.16. The van der Waals surface area contributed by atoms with Gasteiger partial charge in [-0.05, 0) is 25.1 Å². The van der Waals surface area contributed by atoms with Crippen LogP contribution in [-0.4, -0.2) is 17.4 Å². The van der Waals surface area contributed by atoms with E-state index in [0.29, 0.717) is 12.1 Å². The Morgan fingerprint density at radius 2 is 2.31 bits per heavy atom. The van der Waals surface area contributed by atoms with Crippen molar-refractivity contribution in [1.82, 2.24) is 10.3 Å². The third-order valence-corrected chi connectivity index (χ3v) is 2.44. The maximum absolute atomic E-state index is 13.1. The van der Waals surface area contributed by atoms with Gasteiger partial charge < -0.3 is 11.1 Å². The number of primary amides is 1. The third-order valence-electron chi connectivity index (χ3n) is 2.44. The van der Waals surface area contributed by atoms with Crippen molar-refractivity contribution in [2.45, 2.75) is 25.8 Å². The van der Waals surface area contributed by atoms with Gasteiger partial charge in [0.15, 0.2) is 0 Å². The molecule has 1 unspecified atom stereocenters. The summed E-state index contributed by atoms with van der Waals surface area (Å²) in [5, 5.41) is 3.13. The highest BCUT2D eigenvalue weighted by Gasteiger charge is 2.28. The lowest BCUT2D eigenvalue weighted by atomic mass is 9.89. The first-order chi connectivity index (χ1) is 7.48. The maximum atomic E-state index is 13.1. The molecule has 0 bridgehead atoms.